The van der Waals surface area contributed by atoms with Crippen molar-refractivity contribution in [3.63, 3.8) is 0 Å². The Morgan fingerprint density at radius 2 is 2.10 bits per heavy atom. The van der Waals surface area contributed by atoms with Crippen LogP contribution in [0.1, 0.15) is 10.4 Å². The summed E-state index contributed by atoms with van der Waals surface area (Å²) in [7, 11) is 1.46. The summed E-state index contributed by atoms with van der Waals surface area (Å²) < 4.78 is 1.20. The zero-order chi connectivity index (χ0) is 14.9. The van der Waals surface area contributed by atoms with Crippen molar-refractivity contribution in [1.82, 2.24) is 19.7 Å². The van der Waals surface area contributed by atoms with Crippen LogP contribution >= 0.6 is 23.4 Å². The second-order valence-electron chi connectivity index (χ2n) is 3.59. The third-order valence-corrected chi connectivity index (χ3v) is 3.46. The lowest BCUT2D eigenvalue weighted by molar-refractivity contribution is 0.0692. The highest BCUT2D eigenvalue weighted by Crippen LogP contribution is 2.27. The average molecular weight is 315 g/mol. The van der Waals surface area contributed by atoms with Gasteiger partial charge < -0.3 is 5.11 Å². The molecule has 8 nitrogen and oxygen atoms in total. The number of H-pyrrole nitrogens is 1. The van der Waals surface area contributed by atoms with Crippen molar-refractivity contribution >= 4 is 29.3 Å². The van der Waals surface area contributed by atoms with E-state index in [0.717, 1.165) is 11.8 Å². The quantitative estimate of drug-likeness (QED) is 0.620. The molecule has 2 rings (SSSR count). The molecule has 2 heterocycles. The van der Waals surface area contributed by atoms with Crippen molar-refractivity contribution in [2.24, 2.45) is 7.05 Å². The summed E-state index contributed by atoms with van der Waals surface area (Å²) in [6, 6.07) is 2.64. The van der Waals surface area contributed by atoms with Crippen LogP contribution in [-0.4, -0.2) is 30.8 Å². The Bertz CT molecular complexity index is 801. The van der Waals surface area contributed by atoms with Gasteiger partial charge in [-0.2, -0.15) is 4.98 Å². The Labute approximate surface area is 120 Å². The molecule has 2 N–H and O–H groups in total. The number of rotatable bonds is 3. The van der Waals surface area contributed by atoms with Gasteiger partial charge in [0, 0.05) is 7.05 Å². The van der Waals surface area contributed by atoms with Crippen molar-refractivity contribution in [1.29, 1.82) is 0 Å². The Hall–Kier alpha value is -2.13. The van der Waals surface area contributed by atoms with Crippen LogP contribution in [0.5, 0.6) is 0 Å². The van der Waals surface area contributed by atoms with Gasteiger partial charge in [0.2, 0.25) is 0 Å². The summed E-state index contributed by atoms with van der Waals surface area (Å²) in [5.41, 5.74) is -1.92. The van der Waals surface area contributed by atoms with Crippen LogP contribution < -0.4 is 11.1 Å². The van der Waals surface area contributed by atoms with E-state index in [9.17, 15) is 14.4 Å². The van der Waals surface area contributed by atoms with E-state index in [1.165, 1.54) is 23.9 Å². The number of halogens is 1. The number of nitrogens with one attached hydrogen (secondary N) is 1. The molecule has 0 aliphatic rings. The first-order chi connectivity index (χ1) is 9.38. The van der Waals surface area contributed by atoms with Crippen LogP contribution in [0.15, 0.2) is 31.9 Å². The minimum atomic E-state index is -1.19. The number of carboxylic acid groups (broad SMARTS) is 1. The van der Waals surface area contributed by atoms with Gasteiger partial charge in [-0.05, 0) is 23.9 Å². The fraction of sp³-hybridized carbons (Fsp3) is 0.100. The summed E-state index contributed by atoms with van der Waals surface area (Å²) in [6.07, 6.45) is 0. The molecule has 2 aromatic heterocycles. The first kappa shape index (κ1) is 14.3. The Balaban J connectivity index is 2.52. The standard InChI is InChI=1S/C10H7ClN4O4S/c1-15-10(13-6(16)7(17)14-15)20-8-4(9(18)19)2-3-5(11)12-8/h2-3H,1H3,(H,14,17)(H,18,19). The summed E-state index contributed by atoms with van der Waals surface area (Å²) in [5.74, 6) is -1.19. The molecule has 20 heavy (non-hydrogen) atoms. The smallest absolute Gasteiger partial charge is 0.339 e. The first-order valence-electron chi connectivity index (χ1n) is 5.13. The third-order valence-electron chi connectivity index (χ3n) is 2.19. The van der Waals surface area contributed by atoms with Gasteiger partial charge >= 0.3 is 17.1 Å². The molecule has 0 fully saturated rings. The number of pyridine rings is 1. The van der Waals surface area contributed by atoms with E-state index in [-0.39, 0.29) is 20.9 Å². The van der Waals surface area contributed by atoms with Crippen molar-refractivity contribution in [2.45, 2.75) is 10.2 Å². The highest BCUT2D eigenvalue weighted by molar-refractivity contribution is 7.99. The molecule has 0 amide bonds. The minimum absolute atomic E-state index is 0.0690. The monoisotopic (exact) mass is 314 g/mol. The summed E-state index contributed by atoms with van der Waals surface area (Å²) in [5, 5.41) is 11.6. The van der Waals surface area contributed by atoms with Gasteiger partial charge in [-0.25, -0.2) is 9.78 Å². The topological polar surface area (TPSA) is 118 Å². The summed E-state index contributed by atoms with van der Waals surface area (Å²) in [6.45, 7) is 0. The Kier molecular flexibility index (Phi) is 3.91. The largest absolute Gasteiger partial charge is 0.478 e. The molecule has 0 radical (unpaired) electrons. The maximum Gasteiger partial charge on any atom is 0.339 e. The van der Waals surface area contributed by atoms with Gasteiger partial charge in [0.15, 0.2) is 5.16 Å². The number of nitrogens with zero attached hydrogens (tertiary/aromatic N) is 3. The Morgan fingerprint density at radius 3 is 2.75 bits per heavy atom. The molecule has 0 bridgehead atoms. The predicted molar refractivity (Wildman–Crippen MR) is 70.4 cm³/mol. The zero-order valence-electron chi connectivity index (χ0n) is 9.95. The lowest BCUT2D eigenvalue weighted by Crippen LogP contribution is -2.33. The maximum absolute atomic E-state index is 11.2. The van der Waals surface area contributed by atoms with Crippen LogP contribution in [0.25, 0.3) is 0 Å². The molecule has 0 saturated carbocycles. The van der Waals surface area contributed by atoms with E-state index < -0.39 is 17.1 Å². The maximum atomic E-state index is 11.2. The second-order valence-corrected chi connectivity index (χ2v) is 4.94. The molecule has 104 valence electrons. The van der Waals surface area contributed by atoms with E-state index in [2.05, 4.69) is 15.1 Å². The zero-order valence-corrected chi connectivity index (χ0v) is 11.5. The van der Waals surface area contributed by atoms with Crippen LogP contribution in [-0.2, 0) is 7.05 Å². The SMILES string of the molecule is Cn1[nH]c(=O)c(=O)nc1Sc1nc(Cl)ccc1C(=O)O. The summed E-state index contributed by atoms with van der Waals surface area (Å²) >= 11 is 6.53. The first-order valence-corrected chi connectivity index (χ1v) is 6.33. The highest BCUT2D eigenvalue weighted by Gasteiger charge is 2.16. The van der Waals surface area contributed by atoms with E-state index in [1.807, 2.05) is 0 Å². The molecule has 0 atom stereocenters. The highest BCUT2D eigenvalue weighted by atomic mass is 35.5. The molecule has 0 aliphatic heterocycles. The number of aromatic amines is 1. The van der Waals surface area contributed by atoms with Crippen molar-refractivity contribution in [3.05, 3.63) is 43.6 Å². The molecule has 2 aromatic rings. The Morgan fingerprint density at radius 1 is 1.40 bits per heavy atom. The van der Waals surface area contributed by atoms with Crippen molar-refractivity contribution in [3.8, 4) is 0 Å². The lowest BCUT2D eigenvalue weighted by atomic mass is 10.3. The van der Waals surface area contributed by atoms with Gasteiger partial charge in [-0.3, -0.25) is 19.4 Å². The summed E-state index contributed by atoms with van der Waals surface area (Å²) in [4.78, 5) is 40.8. The molecule has 0 aromatic carbocycles. The normalized spacial score (nSPS) is 10.5. The number of aryl methyl sites for hydroxylation is 1. The van der Waals surface area contributed by atoms with Gasteiger partial charge in [0.1, 0.15) is 10.2 Å². The van der Waals surface area contributed by atoms with Crippen molar-refractivity contribution < 1.29 is 9.90 Å². The van der Waals surface area contributed by atoms with Gasteiger partial charge in [-0.15, -0.1) is 0 Å². The number of aromatic nitrogens is 4. The predicted octanol–water partition coefficient (Wildman–Crippen LogP) is 0.366. The number of carboxylic acids is 1. The van der Waals surface area contributed by atoms with Gasteiger partial charge in [-0.1, -0.05) is 11.6 Å². The van der Waals surface area contributed by atoms with Gasteiger partial charge in [0.25, 0.3) is 0 Å². The van der Waals surface area contributed by atoms with Gasteiger partial charge in [0.05, 0.1) is 5.56 Å². The molecular weight excluding hydrogens is 308 g/mol. The minimum Gasteiger partial charge on any atom is -0.478 e. The number of carbonyl (C=O) groups is 1. The van der Waals surface area contributed by atoms with Crippen LogP contribution in [0.3, 0.4) is 0 Å². The lowest BCUT2D eigenvalue weighted by Gasteiger charge is -2.07. The average Bonchev–Trinajstić information content (AvgIpc) is 2.35. The number of hydrogen-bond acceptors (Lipinski definition) is 6. The molecule has 0 unspecified atom stereocenters. The molecule has 0 saturated heterocycles. The van der Waals surface area contributed by atoms with Crippen LogP contribution in [0, 0.1) is 0 Å². The van der Waals surface area contributed by atoms with E-state index in [1.54, 1.807) is 0 Å². The van der Waals surface area contributed by atoms with Crippen molar-refractivity contribution in [2.75, 3.05) is 0 Å². The van der Waals surface area contributed by atoms with E-state index >= 15 is 0 Å². The van der Waals surface area contributed by atoms with E-state index in [4.69, 9.17) is 16.7 Å². The number of aromatic carboxylic acids is 1. The fourth-order valence-electron chi connectivity index (χ4n) is 1.30. The molecular formula is C10H7ClN4O4S. The molecule has 0 aliphatic carbocycles. The second kappa shape index (κ2) is 5.47. The third kappa shape index (κ3) is 2.89. The fourth-order valence-corrected chi connectivity index (χ4v) is 2.39. The van der Waals surface area contributed by atoms with Crippen LogP contribution in [0.4, 0.5) is 0 Å². The molecule has 10 heteroatoms. The van der Waals surface area contributed by atoms with E-state index in [0.29, 0.717) is 0 Å². The molecule has 0 spiro atoms. The van der Waals surface area contributed by atoms with Crippen LogP contribution in [0.2, 0.25) is 5.15 Å². The number of hydrogen-bond donors (Lipinski definition) is 2.